The highest BCUT2D eigenvalue weighted by Gasteiger charge is 2.36. The number of aryl methyl sites for hydroxylation is 1. The molecule has 0 bridgehead atoms. The molecule has 1 saturated heterocycles. The number of hydrogen-bond acceptors (Lipinski definition) is 6. The minimum absolute atomic E-state index is 0.230. The first-order valence-corrected chi connectivity index (χ1v) is 11.1. The van der Waals surface area contributed by atoms with Crippen molar-refractivity contribution in [3.05, 3.63) is 56.9 Å². The van der Waals surface area contributed by atoms with E-state index in [0.717, 1.165) is 22.2 Å². The van der Waals surface area contributed by atoms with E-state index in [0.29, 0.717) is 33.8 Å². The van der Waals surface area contributed by atoms with Crippen LogP contribution in [0.25, 0.3) is 6.08 Å². The van der Waals surface area contributed by atoms with E-state index in [1.54, 1.807) is 24.3 Å². The van der Waals surface area contributed by atoms with E-state index < -0.39 is 17.1 Å². The van der Waals surface area contributed by atoms with E-state index in [4.69, 9.17) is 9.47 Å². The lowest BCUT2D eigenvalue weighted by Gasteiger charge is -2.13. The second-order valence-electron chi connectivity index (χ2n) is 6.65. The van der Waals surface area contributed by atoms with Crippen LogP contribution in [-0.4, -0.2) is 42.2 Å². The number of ether oxygens (including phenoxy) is 2. The van der Waals surface area contributed by atoms with Gasteiger partial charge in [0.2, 0.25) is 5.91 Å². The first-order chi connectivity index (χ1) is 14.8. The Morgan fingerprint density at radius 2 is 2.03 bits per heavy atom. The molecule has 0 radical (unpaired) electrons. The van der Waals surface area contributed by atoms with Crippen LogP contribution in [-0.2, 0) is 9.59 Å². The van der Waals surface area contributed by atoms with Crippen molar-refractivity contribution in [2.75, 3.05) is 25.6 Å². The average molecular weight is 505 g/mol. The largest absolute Gasteiger partial charge is 0.492 e. The van der Waals surface area contributed by atoms with Gasteiger partial charge in [-0.2, -0.15) is 0 Å². The number of benzene rings is 2. The fourth-order valence-corrected chi connectivity index (χ4v) is 4.45. The van der Waals surface area contributed by atoms with E-state index in [1.807, 2.05) is 32.0 Å². The van der Waals surface area contributed by atoms with E-state index in [1.165, 1.54) is 7.11 Å². The summed E-state index contributed by atoms with van der Waals surface area (Å²) in [6.45, 7) is 3.85. The summed E-state index contributed by atoms with van der Waals surface area (Å²) in [4.78, 5) is 38.6. The molecule has 1 aliphatic rings. The van der Waals surface area contributed by atoms with Gasteiger partial charge in [-0.1, -0.05) is 12.1 Å². The van der Waals surface area contributed by atoms with Crippen LogP contribution < -0.4 is 14.8 Å². The normalized spacial score (nSPS) is 14.8. The minimum atomic E-state index is -0.515. The molecule has 0 atom stereocenters. The second-order valence-corrected chi connectivity index (χ2v) is 8.50. The molecule has 3 amide bonds. The van der Waals surface area contributed by atoms with Crippen LogP contribution in [0.15, 0.2) is 45.8 Å². The molecule has 0 spiro atoms. The lowest BCUT2D eigenvalue weighted by Crippen LogP contribution is -2.36. The molecule has 3 rings (SSSR count). The highest BCUT2D eigenvalue weighted by Crippen LogP contribution is 2.39. The third-order valence-electron chi connectivity index (χ3n) is 4.31. The first-order valence-electron chi connectivity index (χ1n) is 9.44. The molecular weight excluding hydrogens is 484 g/mol. The van der Waals surface area contributed by atoms with Crippen LogP contribution in [0.2, 0.25) is 0 Å². The number of nitrogens with one attached hydrogen (secondary N) is 1. The van der Waals surface area contributed by atoms with Gasteiger partial charge in [-0.15, -0.1) is 0 Å². The highest BCUT2D eigenvalue weighted by atomic mass is 79.9. The average Bonchev–Trinajstić information content (AvgIpc) is 2.95. The van der Waals surface area contributed by atoms with E-state index >= 15 is 0 Å². The van der Waals surface area contributed by atoms with Crippen molar-refractivity contribution in [3.8, 4) is 11.5 Å². The molecule has 1 N–H and O–H groups in total. The van der Waals surface area contributed by atoms with Crippen LogP contribution >= 0.6 is 27.7 Å². The Balaban J connectivity index is 1.76. The van der Waals surface area contributed by atoms with E-state index in [2.05, 4.69) is 21.2 Å². The summed E-state index contributed by atoms with van der Waals surface area (Å²) in [5, 5.41) is 2.21. The van der Waals surface area contributed by atoms with Gasteiger partial charge in [0.25, 0.3) is 11.1 Å². The zero-order chi connectivity index (χ0) is 22.5. The lowest BCUT2D eigenvalue weighted by molar-refractivity contribution is -0.127. The molecule has 0 aromatic heterocycles. The summed E-state index contributed by atoms with van der Waals surface area (Å²) in [6, 6.07) is 10.8. The van der Waals surface area contributed by atoms with Crippen molar-refractivity contribution in [2.24, 2.45) is 0 Å². The highest BCUT2D eigenvalue weighted by molar-refractivity contribution is 9.10. The first kappa shape index (κ1) is 22.9. The summed E-state index contributed by atoms with van der Waals surface area (Å²) >= 11 is 4.22. The molecule has 0 aliphatic carbocycles. The molecule has 1 fully saturated rings. The van der Waals surface area contributed by atoms with Gasteiger partial charge in [-0.25, -0.2) is 0 Å². The Kier molecular flexibility index (Phi) is 7.40. The van der Waals surface area contributed by atoms with Gasteiger partial charge in [0, 0.05) is 5.69 Å². The van der Waals surface area contributed by atoms with Gasteiger partial charge < -0.3 is 14.8 Å². The van der Waals surface area contributed by atoms with Crippen molar-refractivity contribution in [1.82, 2.24) is 4.90 Å². The predicted molar refractivity (Wildman–Crippen MR) is 124 cm³/mol. The lowest BCUT2D eigenvalue weighted by atomic mass is 10.2. The second kappa shape index (κ2) is 10.0. The maximum Gasteiger partial charge on any atom is 0.294 e. The monoisotopic (exact) mass is 504 g/mol. The van der Waals surface area contributed by atoms with Crippen molar-refractivity contribution in [2.45, 2.75) is 13.8 Å². The molecule has 2 aromatic rings. The Morgan fingerprint density at radius 3 is 2.71 bits per heavy atom. The number of amides is 3. The van der Waals surface area contributed by atoms with Crippen LogP contribution in [0, 0.1) is 6.92 Å². The minimum Gasteiger partial charge on any atom is -0.492 e. The third-order valence-corrected chi connectivity index (χ3v) is 5.81. The molecular formula is C22H21BrN2O5S. The maximum absolute atomic E-state index is 12.7. The molecule has 1 aliphatic heterocycles. The topological polar surface area (TPSA) is 84.9 Å². The molecule has 1 heterocycles. The number of methoxy groups -OCH3 is 1. The molecule has 0 saturated carbocycles. The number of carbonyl (C=O) groups is 3. The zero-order valence-electron chi connectivity index (χ0n) is 17.2. The smallest absolute Gasteiger partial charge is 0.294 e. The van der Waals surface area contributed by atoms with Crippen molar-refractivity contribution >= 4 is 56.5 Å². The van der Waals surface area contributed by atoms with Crippen LogP contribution in [0.3, 0.4) is 0 Å². The van der Waals surface area contributed by atoms with E-state index in [9.17, 15) is 14.4 Å². The summed E-state index contributed by atoms with van der Waals surface area (Å²) in [5.74, 6) is 0.0987. The maximum atomic E-state index is 12.7. The van der Waals surface area contributed by atoms with Crippen LogP contribution in [0.4, 0.5) is 10.5 Å². The van der Waals surface area contributed by atoms with E-state index in [-0.39, 0.29) is 11.4 Å². The Morgan fingerprint density at radius 1 is 1.26 bits per heavy atom. The summed E-state index contributed by atoms with van der Waals surface area (Å²) in [6.07, 6.45) is 1.59. The molecule has 162 valence electrons. The Hall–Kier alpha value is -2.78. The van der Waals surface area contributed by atoms with Crippen LogP contribution in [0.5, 0.6) is 11.5 Å². The summed E-state index contributed by atoms with van der Waals surface area (Å²) in [5.41, 5.74) is 2.26. The van der Waals surface area contributed by atoms with Crippen molar-refractivity contribution in [3.63, 3.8) is 0 Å². The molecule has 9 heteroatoms. The number of hydrogen-bond donors (Lipinski definition) is 1. The predicted octanol–water partition coefficient (Wildman–Crippen LogP) is 4.84. The molecule has 0 unspecified atom stereocenters. The third kappa shape index (κ3) is 5.48. The number of halogens is 1. The Bertz CT molecular complexity index is 1070. The number of thioether (sulfide) groups is 1. The number of carbonyl (C=O) groups excluding carboxylic acids is 3. The summed E-state index contributed by atoms with van der Waals surface area (Å²) < 4.78 is 11.6. The fourth-order valence-electron chi connectivity index (χ4n) is 2.99. The van der Waals surface area contributed by atoms with Gasteiger partial charge in [-0.05, 0) is 83.0 Å². The SMILES string of the molecule is CCOc1cc(/C=C2/SC(=O)N(CC(=O)Nc3cccc(C)c3)C2=O)cc(Br)c1OC. The fraction of sp³-hybridized carbons (Fsp3) is 0.227. The molecule has 2 aromatic carbocycles. The summed E-state index contributed by atoms with van der Waals surface area (Å²) in [7, 11) is 1.54. The van der Waals surface area contributed by atoms with Gasteiger partial charge in [-0.3, -0.25) is 19.3 Å². The van der Waals surface area contributed by atoms with Gasteiger partial charge in [0.1, 0.15) is 6.54 Å². The van der Waals surface area contributed by atoms with Gasteiger partial charge >= 0.3 is 0 Å². The molecule has 31 heavy (non-hydrogen) atoms. The van der Waals surface area contributed by atoms with Crippen molar-refractivity contribution < 1.29 is 23.9 Å². The number of rotatable bonds is 7. The number of imide groups is 1. The standard InChI is InChI=1S/C22H21BrN2O5S/c1-4-30-17-10-14(9-16(23)20(17)29-3)11-18-21(27)25(22(28)31-18)12-19(26)24-15-7-5-6-13(2)8-15/h5-11H,4,12H2,1-3H3,(H,24,26)/b18-11+. The number of nitrogens with zero attached hydrogens (tertiary/aromatic N) is 1. The number of anilines is 1. The van der Waals surface area contributed by atoms with Crippen LogP contribution in [0.1, 0.15) is 18.1 Å². The van der Waals surface area contributed by atoms with Gasteiger partial charge in [0.05, 0.1) is 23.1 Å². The molecule has 7 nitrogen and oxygen atoms in total. The van der Waals surface area contributed by atoms with Crippen molar-refractivity contribution in [1.29, 1.82) is 0 Å². The quantitative estimate of drug-likeness (QED) is 0.543. The van der Waals surface area contributed by atoms with Gasteiger partial charge in [0.15, 0.2) is 11.5 Å². The zero-order valence-corrected chi connectivity index (χ0v) is 19.6. The Labute approximate surface area is 192 Å².